The van der Waals surface area contributed by atoms with E-state index in [4.69, 9.17) is 11.5 Å². The molecule has 0 spiro atoms. The van der Waals surface area contributed by atoms with E-state index in [9.17, 15) is 5.11 Å². The minimum Gasteiger partial charge on any atom is -0.505 e. The first-order valence-electron chi connectivity index (χ1n) is 4.71. The Hall–Kier alpha value is -0.710. The third kappa shape index (κ3) is 3.40. The van der Waals surface area contributed by atoms with Crippen molar-refractivity contribution in [3.05, 3.63) is 34.8 Å². The molecular formula is C11H16BrClN2O. The van der Waals surface area contributed by atoms with Crippen molar-refractivity contribution >= 4 is 34.0 Å². The van der Waals surface area contributed by atoms with Crippen LogP contribution in [0.25, 0.3) is 0 Å². The first-order valence-corrected chi connectivity index (χ1v) is 5.50. The minimum absolute atomic E-state index is 0. The van der Waals surface area contributed by atoms with E-state index < -0.39 is 0 Å². The van der Waals surface area contributed by atoms with Gasteiger partial charge >= 0.3 is 0 Å². The van der Waals surface area contributed by atoms with Gasteiger partial charge < -0.3 is 16.6 Å². The van der Waals surface area contributed by atoms with E-state index in [0.29, 0.717) is 11.3 Å². The summed E-state index contributed by atoms with van der Waals surface area (Å²) in [6.07, 6.45) is 3.35. The van der Waals surface area contributed by atoms with E-state index >= 15 is 0 Å². The minimum atomic E-state index is -0.235. The summed E-state index contributed by atoms with van der Waals surface area (Å²) in [5.74, 6) is 0.0703. The Kier molecular flexibility index (Phi) is 6.48. The van der Waals surface area contributed by atoms with Gasteiger partial charge in [0.1, 0.15) is 5.75 Å². The highest BCUT2D eigenvalue weighted by atomic mass is 79.9. The van der Waals surface area contributed by atoms with Crippen molar-refractivity contribution in [2.75, 3.05) is 5.73 Å². The molecule has 1 rings (SSSR count). The van der Waals surface area contributed by atoms with Gasteiger partial charge in [0.15, 0.2) is 0 Å². The maximum atomic E-state index is 9.79. The van der Waals surface area contributed by atoms with Gasteiger partial charge in [-0.1, -0.05) is 22.0 Å². The van der Waals surface area contributed by atoms with Gasteiger partial charge in [-0.3, -0.25) is 0 Å². The molecule has 1 atom stereocenters. The average molecular weight is 308 g/mol. The molecular weight excluding hydrogens is 291 g/mol. The summed E-state index contributed by atoms with van der Waals surface area (Å²) in [4.78, 5) is 0. The number of hydrogen-bond acceptors (Lipinski definition) is 3. The highest BCUT2D eigenvalue weighted by Gasteiger charge is 2.15. The highest BCUT2D eigenvalue weighted by Crippen LogP contribution is 2.36. The number of hydrogen-bond donors (Lipinski definition) is 3. The maximum absolute atomic E-state index is 9.79. The second-order valence-corrected chi connectivity index (χ2v) is 4.23. The Morgan fingerprint density at radius 3 is 2.69 bits per heavy atom. The van der Waals surface area contributed by atoms with Gasteiger partial charge in [-0.05, 0) is 25.0 Å². The van der Waals surface area contributed by atoms with Crippen molar-refractivity contribution in [1.29, 1.82) is 0 Å². The number of allylic oxidation sites excluding steroid dienone is 1. The summed E-state index contributed by atoms with van der Waals surface area (Å²) in [7, 11) is 0. The molecule has 16 heavy (non-hydrogen) atoms. The third-order valence-electron chi connectivity index (χ3n) is 2.25. The molecule has 0 saturated carbocycles. The molecule has 3 nitrogen and oxygen atoms in total. The lowest BCUT2D eigenvalue weighted by molar-refractivity contribution is 0.460. The lowest BCUT2D eigenvalue weighted by atomic mass is 10.0. The van der Waals surface area contributed by atoms with Crippen LogP contribution in [0.4, 0.5) is 5.69 Å². The first-order chi connectivity index (χ1) is 7.07. The molecule has 0 amide bonds. The molecule has 0 aliphatic rings. The number of nitrogen functional groups attached to an aromatic ring is 1. The standard InChI is InChI=1S/C11H15BrN2O.ClH/c1-2-3-4-8(13)10-7(12)5-6-9(14)11(10)15;/h2,5-6,8,15H,1,3-4,13-14H2;1H/t8-;/m1./s1. The lowest BCUT2D eigenvalue weighted by Gasteiger charge is -2.15. The Morgan fingerprint density at radius 2 is 2.12 bits per heavy atom. The zero-order valence-corrected chi connectivity index (χ0v) is 11.2. The Labute approximate surface area is 110 Å². The van der Waals surface area contributed by atoms with E-state index in [-0.39, 0.29) is 24.2 Å². The molecule has 0 bridgehead atoms. The van der Waals surface area contributed by atoms with Crippen LogP contribution in [0.15, 0.2) is 29.3 Å². The van der Waals surface area contributed by atoms with Crippen LogP contribution in [0.1, 0.15) is 24.4 Å². The normalized spacial score (nSPS) is 11.6. The van der Waals surface area contributed by atoms with E-state index in [0.717, 1.165) is 17.3 Å². The molecule has 0 aliphatic carbocycles. The Bertz CT molecular complexity index is 371. The smallest absolute Gasteiger partial charge is 0.144 e. The first kappa shape index (κ1) is 15.3. The molecule has 1 aromatic rings. The number of phenols is 1. The zero-order valence-electron chi connectivity index (χ0n) is 8.82. The summed E-state index contributed by atoms with van der Waals surface area (Å²) in [5.41, 5.74) is 12.6. The Morgan fingerprint density at radius 1 is 1.50 bits per heavy atom. The fourth-order valence-electron chi connectivity index (χ4n) is 1.39. The topological polar surface area (TPSA) is 72.3 Å². The molecule has 5 N–H and O–H groups in total. The van der Waals surface area contributed by atoms with Gasteiger partial charge in [-0.2, -0.15) is 0 Å². The molecule has 0 saturated heterocycles. The number of rotatable bonds is 4. The second-order valence-electron chi connectivity index (χ2n) is 3.37. The van der Waals surface area contributed by atoms with Crippen LogP contribution in [-0.4, -0.2) is 5.11 Å². The van der Waals surface area contributed by atoms with Crippen molar-refractivity contribution in [2.45, 2.75) is 18.9 Å². The predicted octanol–water partition coefficient (Wildman–Crippen LogP) is 3.12. The Balaban J connectivity index is 0.00000225. The molecule has 0 heterocycles. The van der Waals surface area contributed by atoms with E-state index in [2.05, 4.69) is 22.5 Å². The molecule has 5 heteroatoms. The van der Waals surface area contributed by atoms with E-state index in [1.807, 2.05) is 0 Å². The highest BCUT2D eigenvalue weighted by molar-refractivity contribution is 9.10. The summed E-state index contributed by atoms with van der Waals surface area (Å²) < 4.78 is 0.783. The van der Waals surface area contributed by atoms with Crippen LogP contribution in [0.2, 0.25) is 0 Å². The predicted molar refractivity (Wildman–Crippen MR) is 73.8 cm³/mol. The maximum Gasteiger partial charge on any atom is 0.144 e. The molecule has 0 radical (unpaired) electrons. The van der Waals surface area contributed by atoms with Crippen LogP contribution in [0, 0.1) is 0 Å². The fourth-order valence-corrected chi connectivity index (χ4v) is 2.01. The van der Waals surface area contributed by atoms with Crippen LogP contribution >= 0.6 is 28.3 Å². The number of phenolic OH excluding ortho intramolecular Hbond substituents is 1. The average Bonchev–Trinajstić information content (AvgIpc) is 2.21. The van der Waals surface area contributed by atoms with Gasteiger partial charge in [-0.25, -0.2) is 0 Å². The van der Waals surface area contributed by atoms with Crippen LogP contribution in [0.3, 0.4) is 0 Å². The number of aromatic hydroxyl groups is 1. The molecule has 0 unspecified atom stereocenters. The summed E-state index contributed by atoms with van der Waals surface area (Å²) in [6.45, 7) is 3.63. The summed E-state index contributed by atoms with van der Waals surface area (Å²) in [6, 6.07) is 3.20. The molecule has 90 valence electrons. The van der Waals surface area contributed by atoms with Gasteiger partial charge in [0, 0.05) is 16.1 Å². The lowest BCUT2D eigenvalue weighted by Crippen LogP contribution is -2.11. The van der Waals surface area contributed by atoms with Crippen LogP contribution in [0.5, 0.6) is 5.75 Å². The number of halogens is 2. The number of nitrogens with two attached hydrogens (primary N) is 2. The SMILES string of the molecule is C=CCC[C@@H](N)c1c(Br)ccc(N)c1O.Cl. The summed E-state index contributed by atoms with van der Waals surface area (Å²) in [5, 5.41) is 9.79. The molecule has 0 aromatic heterocycles. The molecule has 1 aromatic carbocycles. The fraction of sp³-hybridized carbons (Fsp3) is 0.273. The molecule has 0 aliphatic heterocycles. The van der Waals surface area contributed by atoms with Crippen molar-refractivity contribution in [2.24, 2.45) is 5.73 Å². The zero-order chi connectivity index (χ0) is 11.4. The third-order valence-corrected chi connectivity index (χ3v) is 2.94. The van der Waals surface area contributed by atoms with E-state index in [1.54, 1.807) is 18.2 Å². The monoisotopic (exact) mass is 306 g/mol. The largest absolute Gasteiger partial charge is 0.505 e. The second kappa shape index (κ2) is 6.78. The van der Waals surface area contributed by atoms with Crippen molar-refractivity contribution < 1.29 is 5.11 Å². The number of anilines is 1. The van der Waals surface area contributed by atoms with Crippen molar-refractivity contribution in [1.82, 2.24) is 0 Å². The molecule has 0 fully saturated rings. The van der Waals surface area contributed by atoms with Crippen LogP contribution < -0.4 is 11.5 Å². The van der Waals surface area contributed by atoms with Gasteiger partial charge in [0.2, 0.25) is 0 Å². The van der Waals surface area contributed by atoms with Crippen LogP contribution in [-0.2, 0) is 0 Å². The quantitative estimate of drug-likeness (QED) is 0.454. The van der Waals surface area contributed by atoms with Crippen molar-refractivity contribution in [3.8, 4) is 5.75 Å². The van der Waals surface area contributed by atoms with Crippen molar-refractivity contribution in [3.63, 3.8) is 0 Å². The number of benzene rings is 1. The van der Waals surface area contributed by atoms with Gasteiger partial charge in [0.05, 0.1) is 5.69 Å². The van der Waals surface area contributed by atoms with E-state index in [1.165, 1.54) is 0 Å². The summed E-state index contributed by atoms with van der Waals surface area (Å²) >= 11 is 3.35. The van der Waals surface area contributed by atoms with Gasteiger partial charge in [-0.15, -0.1) is 19.0 Å². The van der Waals surface area contributed by atoms with Gasteiger partial charge in [0.25, 0.3) is 0 Å².